The van der Waals surface area contributed by atoms with Gasteiger partial charge in [0.2, 0.25) is 0 Å². The summed E-state index contributed by atoms with van der Waals surface area (Å²) in [5, 5.41) is 12.3. The lowest BCUT2D eigenvalue weighted by molar-refractivity contribution is -0.143. The Kier molecular flexibility index (Phi) is 4.50. The Morgan fingerprint density at radius 3 is 2.44 bits per heavy atom. The Morgan fingerprint density at radius 2 is 2.00 bits per heavy atom. The summed E-state index contributed by atoms with van der Waals surface area (Å²) in [6, 6.07) is 7.45. The number of aliphatic carboxylic acids is 1. The van der Waals surface area contributed by atoms with E-state index in [4.69, 9.17) is 0 Å². The normalized spacial score (nSPS) is 14.4. The van der Waals surface area contributed by atoms with Crippen LogP contribution in [0.2, 0.25) is 0 Å². The van der Waals surface area contributed by atoms with E-state index in [9.17, 15) is 9.90 Å². The van der Waals surface area contributed by atoms with E-state index >= 15 is 0 Å². The summed E-state index contributed by atoms with van der Waals surface area (Å²) < 4.78 is 0.956. The fourth-order valence-corrected chi connectivity index (χ4v) is 1.83. The molecule has 1 unspecified atom stereocenters. The Bertz CT molecular complexity index is 364. The van der Waals surface area contributed by atoms with Crippen LogP contribution in [0.5, 0.6) is 0 Å². The minimum absolute atomic E-state index is 0.570. The van der Waals surface area contributed by atoms with Crippen molar-refractivity contribution in [3.8, 4) is 0 Å². The summed E-state index contributed by atoms with van der Waals surface area (Å²) in [7, 11) is 1.82. The smallest absolute Gasteiger partial charge is 0.313 e. The van der Waals surface area contributed by atoms with Crippen molar-refractivity contribution < 1.29 is 9.90 Å². The molecule has 16 heavy (non-hydrogen) atoms. The molecule has 0 spiro atoms. The van der Waals surface area contributed by atoms with Gasteiger partial charge in [0.1, 0.15) is 0 Å². The molecule has 1 aromatic rings. The number of rotatable bonds is 5. The Labute approximate surface area is 104 Å². The zero-order valence-corrected chi connectivity index (χ0v) is 11.0. The van der Waals surface area contributed by atoms with Crippen molar-refractivity contribution in [1.82, 2.24) is 5.32 Å². The largest absolute Gasteiger partial charge is 0.481 e. The number of carboxylic acid groups (broad SMARTS) is 1. The van der Waals surface area contributed by atoms with Gasteiger partial charge in [-0.2, -0.15) is 0 Å². The summed E-state index contributed by atoms with van der Waals surface area (Å²) in [6.07, 6.45) is 0.570. The number of benzene rings is 1. The number of halogens is 1. The van der Waals surface area contributed by atoms with Crippen LogP contribution in [0, 0.1) is 0 Å². The maximum absolute atomic E-state index is 11.4. The highest BCUT2D eigenvalue weighted by Gasteiger charge is 2.34. The summed E-state index contributed by atoms with van der Waals surface area (Å²) >= 11 is 3.34. The molecule has 3 nitrogen and oxygen atoms in total. The van der Waals surface area contributed by atoms with Gasteiger partial charge in [-0.05, 0) is 44.6 Å². The first-order valence-corrected chi connectivity index (χ1v) is 5.94. The zero-order valence-electron chi connectivity index (χ0n) is 9.46. The van der Waals surface area contributed by atoms with Crippen LogP contribution in [0.15, 0.2) is 28.7 Å². The molecule has 0 bridgehead atoms. The lowest BCUT2D eigenvalue weighted by Gasteiger charge is -2.25. The predicted octanol–water partition coefficient (Wildman–Crippen LogP) is 2.40. The topological polar surface area (TPSA) is 49.3 Å². The molecule has 0 fully saturated rings. The van der Waals surface area contributed by atoms with Crippen LogP contribution in [0.4, 0.5) is 0 Å². The van der Waals surface area contributed by atoms with Crippen molar-refractivity contribution in [3.05, 3.63) is 34.3 Å². The van der Waals surface area contributed by atoms with Crippen molar-refractivity contribution in [2.75, 3.05) is 13.6 Å². The summed E-state index contributed by atoms with van der Waals surface area (Å²) in [4.78, 5) is 11.4. The molecule has 0 saturated carbocycles. The van der Waals surface area contributed by atoms with Gasteiger partial charge in [0.05, 0.1) is 5.41 Å². The third-order valence-corrected chi connectivity index (χ3v) is 3.36. The molecule has 4 heteroatoms. The van der Waals surface area contributed by atoms with Gasteiger partial charge in [-0.3, -0.25) is 4.79 Å². The van der Waals surface area contributed by atoms with Crippen LogP contribution in [-0.4, -0.2) is 24.7 Å². The van der Waals surface area contributed by atoms with Gasteiger partial charge in [0.25, 0.3) is 0 Å². The summed E-state index contributed by atoms with van der Waals surface area (Å²) in [5.41, 5.74) is 0.00225. The lowest BCUT2D eigenvalue weighted by Crippen LogP contribution is -2.35. The highest BCUT2D eigenvalue weighted by molar-refractivity contribution is 9.10. The third-order valence-electron chi connectivity index (χ3n) is 2.83. The van der Waals surface area contributed by atoms with Crippen LogP contribution < -0.4 is 5.32 Å². The molecule has 1 rings (SSSR count). The predicted molar refractivity (Wildman–Crippen MR) is 67.7 cm³/mol. The standard InChI is InChI=1S/C12H16BrNO2/c1-12(11(15)16,7-8-14-2)9-3-5-10(13)6-4-9/h3-6,14H,7-8H2,1-2H3,(H,15,16). The molecule has 1 atom stereocenters. The van der Waals surface area contributed by atoms with Crippen LogP contribution in [0.25, 0.3) is 0 Å². The first-order valence-electron chi connectivity index (χ1n) is 5.15. The van der Waals surface area contributed by atoms with E-state index < -0.39 is 11.4 Å². The number of hydrogen-bond donors (Lipinski definition) is 2. The minimum Gasteiger partial charge on any atom is -0.481 e. The molecule has 0 saturated heterocycles. The molecule has 0 amide bonds. The maximum Gasteiger partial charge on any atom is 0.313 e. The summed E-state index contributed by atoms with van der Waals surface area (Å²) in [5.74, 6) is -0.787. The molecule has 1 aromatic carbocycles. The van der Waals surface area contributed by atoms with Gasteiger partial charge in [-0.15, -0.1) is 0 Å². The van der Waals surface area contributed by atoms with Gasteiger partial charge in [0.15, 0.2) is 0 Å². The van der Waals surface area contributed by atoms with Gasteiger partial charge in [-0.25, -0.2) is 0 Å². The van der Waals surface area contributed by atoms with E-state index in [1.54, 1.807) is 6.92 Å². The number of hydrogen-bond acceptors (Lipinski definition) is 2. The second kappa shape index (κ2) is 5.46. The zero-order chi connectivity index (χ0) is 12.2. The van der Waals surface area contributed by atoms with Crippen LogP contribution >= 0.6 is 15.9 Å². The SMILES string of the molecule is CNCCC(C)(C(=O)O)c1ccc(Br)cc1. The van der Waals surface area contributed by atoms with E-state index in [1.807, 2.05) is 31.3 Å². The van der Waals surface area contributed by atoms with Crippen molar-refractivity contribution in [2.45, 2.75) is 18.8 Å². The van der Waals surface area contributed by atoms with Crippen molar-refractivity contribution in [1.29, 1.82) is 0 Å². The van der Waals surface area contributed by atoms with Crippen molar-refractivity contribution in [3.63, 3.8) is 0 Å². The lowest BCUT2D eigenvalue weighted by atomic mass is 9.79. The molecule has 0 aliphatic carbocycles. The fraction of sp³-hybridized carbons (Fsp3) is 0.417. The van der Waals surface area contributed by atoms with E-state index in [2.05, 4.69) is 21.2 Å². The fourth-order valence-electron chi connectivity index (χ4n) is 1.57. The molecule has 0 aliphatic heterocycles. The number of carboxylic acids is 1. The van der Waals surface area contributed by atoms with E-state index in [0.29, 0.717) is 13.0 Å². The van der Waals surface area contributed by atoms with E-state index in [0.717, 1.165) is 10.0 Å². The minimum atomic E-state index is -0.830. The van der Waals surface area contributed by atoms with Crippen LogP contribution in [-0.2, 0) is 10.2 Å². The third kappa shape index (κ3) is 2.83. The molecule has 0 radical (unpaired) electrons. The molecule has 88 valence electrons. The first kappa shape index (κ1) is 13.2. The number of carbonyl (C=O) groups is 1. The average molecular weight is 286 g/mol. The van der Waals surface area contributed by atoms with Gasteiger partial charge >= 0.3 is 5.97 Å². The Morgan fingerprint density at radius 1 is 1.44 bits per heavy atom. The van der Waals surface area contributed by atoms with E-state index in [1.165, 1.54) is 0 Å². The Balaban J connectivity index is 3.01. The molecule has 0 aromatic heterocycles. The second-order valence-corrected chi connectivity index (χ2v) is 4.91. The first-order chi connectivity index (χ1) is 7.50. The molecule has 0 aliphatic rings. The summed E-state index contributed by atoms with van der Waals surface area (Å²) in [6.45, 7) is 2.44. The number of nitrogens with one attached hydrogen (secondary N) is 1. The highest BCUT2D eigenvalue weighted by Crippen LogP contribution is 2.28. The Hall–Kier alpha value is -0.870. The van der Waals surface area contributed by atoms with Crippen LogP contribution in [0.1, 0.15) is 18.9 Å². The van der Waals surface area contributed by atoms with Crippen molar-refractivity contribution >= 4 is 21.9 Å². The van der Waals surface area contributed by atoms with Gasteiger partial charge in [-0.1, -0.05) is 28.1 Å². The van der Waals surface area contributed by atoms with Gasteiger partial charge in [0, 0.05) is 4.47 Å². The van der Waals surface area contributed by atoms with Crippen molar-refractivity contribution in [2.24, 2.45) is 0 Å². The highest BCUT2D eigenvalue weighted by atomic mass is 79.9. The monoisotopic (exact) mass is 285 g/mol. The molecule has 0 heterocycles. The maximum atomic E-state index is 11.4. The molecule has 2 N–H and O–H groups in total. The molecular weight excluding hydrogens is 270 g/mol. The molecular formula is C12H16BrNO2. The van der Waals surface area contributed by atoms with E-state index in [-0.39, 0.29) is 0 Å². The second-order valence-electron chi connectivity index (χ2n) is 4.00. The van der Waals surface area contributed by atoms with Crippen LogP contribution in [0.3, 0.4) is 0 Å². The quantitative estimate of drug-likeness (QED) is 0.874. The average Bonchev–Trinajstić information content (AvgIpc) is 2.26. The van der Waals surface area contributed by atoms with Gasteiger partial charge < -0.3 is 10.4 Å².